The number of imide groups is 1. The van der Waals surface area contributed by atoms with E-state index in [-0.39, 0.29) is 66.6 Å². The molecular weight excluding hydrogens is 896 g/mol. The quantitative estimate of drug-likeness (QED) is 0.0649. The van der Waals surface area contributed by atoms with E-state index in [1.807, 2.05) is 42.8 Å². The van der Waals surface area contributed by atoms with Gasteiger partial charge in [0.25, 0.3) is 11.8 Å². The van der Waals surface area contributed by atoms with Crippen molar-refractivity contribution in [2.45, 2.75) is 116 Å². The van der Waals surface area contributed by atoms with Crippen molar-refractivity contribution < 1.29 is 37.2 Å². The van der Waals surface area contributed by atoms with Gasteiger partial charge >= 0.3 is 0 Å². The number of aryl methyl sites for hydroxylation is 1. The molecule has 0 spiro atoms. The number of halogens is 1. The van der Waals surface area contributed by atoms with Crippen LogP contribution in [-0.2, 0) is 48.6 Å². The Balaban J connectivity index is 0.882. The van der Waals surface area contributed by atoms with Crippen LogP contribution in [0.15, 0.2) is 79.3 Å². The van der Waals surface area contributed by atoms with Crippen LogP contribution < -0.4 is 21.3 Å². The van der Waals surface area contributed by atoms with Crippen molar-refractivity contribution in [1.29, 1.82) is 0 Å². The van der Waals surface area contributed by atoms with E-state index in [0.717, 1.165) is 22.5 Å². The highest BCUT2D eigenvalue weighted by atomic mass is 35.5. The van der Waals surface area contributed by atoms with E-state index < -0.39 is 38.5 Å². The van der Waals surface area contributed by atoms with E-state index in [9.17, 15) is 37.2 Å². The normalized spacial score (nSPS) is 20.2. The first-order valence-electron chi connectivity index (χ1n) is 22.8. The van der Waals surface area contributed by atoms with Gasteiger partial charge in [-0.1, -0.05) is 50.6 Å². The number of hydrogen-bond donors (Lipinski definition) is 4. The van der Waals surface area contributed by atoms with E-state index in [1.165, 1.54) is 4.90 Å². The summed E-state index contributed by atoms with van der Waals surface area (Å²) < 4.78 is 28.5. The zero-order valence-electron chi connectivity index (χ0n) is 38.5. The van der Waals surface area contributed by atoms with Crippen molar-refractivity contribution in [3.63, 3.8) is 0 Å². The Morgan fingerprint density at radius 3 is 2.37 bits per heavy atom. The number of amides is 6. The Bertz CT molecular complexity index is 2630. The van der Waals surface area contributed by atoms with Crippen LogP contribution in [0, 0.1) is 11.3 Å². The van der Waals surface area contributed by atoms with Gasteiger partial charge in [-0.25, -0.2) is 13.4 Å². The first-order valence-corrected chi connectivity index (χ1v) is 24.9. The van der Waals surface area contributed by atoms with E-state index in [0.29, 0.717) is 67.2 Å². The molecule has 18 heteroatoms. The number of carbonyl (C=O) groups excluding carboxylic acids is 6. The molecule has 2 saturated heterocycles. The molecule has 1 aromatic heterocycles. The highest BCUT2D eigenvalue weighted by molar-refractivity contribution is 7.92. The summed E-state index contributed by atoms with van der Waals surface area (Å²) in [7, 11) is -3.52. The second-order valence-corrected chi connectivity index (χ2v) is 21.7. The van der Waals surface area contributed by atoms with Gasteiger partial charge in [0.2, 0.25) is 23.6 Å². The van der Waals surface area contributed by atoms with Crippen molar-refractivity contribution >= 4 is 68.3 Å². The number of likely N-dealkylation sites (tertiary alicyclic amines) is 1. The summed E-state index contributed by atoms with van der Waals surface area (Å²) in [5.74, 6) is -2.29. The fourth-order valence-corrected chi connectivity index (χ4v) is 10.7. The molecule has 67 heavy (non-hydrogen) atoms. The number of fused-ring (bicyclic) bond motifs is 1. The summed E-state index contributed by atoms with van der Waals surface area (Å²) in [6.45, 7) is 10.6. The van der Waals surface area contributed by atoms with Crippen LogP contribution in [0.4, 0.5) is 11.4 Å². The molecule has 4 N–H and O–H groups in total. The Hall–Kier alpha value is -6.07. The molecule has 4 heterocycles. The molecule has 356 valence electrons. The topological polar surface area (TPSA) is 209 Å². The number of nitrogens with zero attached hydrogens (tertiary/aromatic N) is 4. The largest absolute Gasteiger partial charge is 0.379 e. The van der Waals surface area contributed by atoms with Gasteiger partial charge in [-0.15, -0.1) is 0 Å². The molecule has 3 aliphatic heterocycles. The van der Waals surface area contributed by atoms with Crippen molar-refractivity contribution in [3.8, 4) is 0 Å². The number of sulfone groups is 1. The molecule has 6 amide bonds. The number of piperidine rings is 2. The number of aromatic nitrogens is 2. The summed E-state index contributed by atoms with van der Waals surface area (Å²) in [5.41, 5.74) is 3.51. The third-order valence-electron chi connectivity index (χ3n) is 13.1. The average molecular weight is 956 g/mol. The Kier molecular flexibility index (Phi) is 14.9. The molecule has 0 bridgehead atoms. The van der Waals surface area contributed by atoms with Gasteiger partial charge in [0.05, 0.1) is 41.0 Å². The number of carbonyl (C=O) groups is 6. The minimum atomic E-state index is -3.52. The minimum Gasteiger partial charge on any atom is -0.379 e. The molecule has 3 aromatic carbocycles. The SMILES string of the molecule is CC(C)C(CS(=O)(=O)C(C)C)N1C(=O)[C@@](C)(CC(=O)Nc2ccc(C(=O)NCCCn3cnc(CNc4cccc5c4CN(C4CCC(=O)NC4=O)C5=O)c3)cc2)CC[C@H]1c1ccc(Cl)cc1. The fourth-order valence-electron chi connectivity index (χ4n) is 9.12. The minimum absolute atomic E-state index is 0.113. The first kappa shape index (κ1) is 48.9. The van der Waals surface area contributed by atoms with Crippen LogP contribution in [0.5, 0.6) is 0 Å². The summed E-state index contributed by atoms with van der Waals surface area (Å²) in [5, 5.41) is 11.5. The standard InChI is InChI=1S/C49H59ClN8O8S/c1-30(2)42(28-67(65,66)31(3)4)58-40(32-10-14-34(50)15-11-32)20-21-49(5,48(58)64)24-44(60)54-35-16-12-33(13-17-35)45(61)51-22-7-23-56-26-36(53-29-56)25-52-39-9-6-8-37-38(39)27-57(47(37)63)41-18-19-43(59)55-46(41)62/h6,8-17,26,29-31,40-42,52H,7,18-25,27-28H2,1-5H3,(H,51,61)(H,54,60)(H,55,59,62)/t40-,41?,42?,49+/m0/s1. The lowest BCUT2D eigenvalue weighted by Gasteiger charge is -2.49. The lowest BCUT2D eigenvalue weighted by atomic mass is 9.73. The number of nitrogens with one attached hydrogen (secondary N) is 4. The third-order valence-corrected chi connectivity index (χ3v) is 15.6. The molecule has 4 atom stereocenters. The lowest BCUT2D eigenvalue weighted by molar-refractivity contribution is -0.155. The lowest BCUT2D eigenvalue weighted by Crippen LogP contribution is -2.57. The number of anilines is 2. The van der Waals surface area contributed by atoms with Crippen molar-refractivity contribution in [2.24, 2.45) is 11.3 Å². The predicted octanol–water partition coefficient (Wildman–Crippen LogP) is 6.28. The van der Waals surface area contributed by atoms with Crippen molar-refractivity contribution in [2.75, 3.05) is 22.9 Å². The smallest absolute Gasteiger partial charge is 0.255 e. The molecular formula is C49H59ClN8O8S. The van der Waals surface area contributed by atoms with E-state index in [4.69, 9.17) is 11.6 Å². The monoisotopic (exact) mass is 954 g/mol. The van der Waals surface area contributed by atoms with Gasteiger partial charge < -0.3 is 30.3 Å². The van der Waals surface area contributed by atoms with Crippen LogP contribution in [0.25, 0.3) is 0 Å². The van der Waals surface area contributed by atoms with Gasteiger partial charge in [-0.2, -0.15) is 0 Å². The molecule has 0 saturated carbocycles. The summed E-state index contributed by atoms with van der Waals surface area (Å²) in [6, 6.07) is 17.5. The van der Waals surface area contributed by atoms with Crippen molar-refractivity contribution in [1.82, 2.24) is 30.0 Å². The Morgan fingerprint density at radius 2 is 1.69 bits per heavy atom. The van der Waals surface area contributed by atoms with E-state index in [2.05, 4.69) is 26.3 Å². The summed E-state index contributed by atoms with van der Waals surface area (Å²) in [4.78, 5) is 86.3. The van der Waals surface area contributed by atoms with Gasteiger partial charge in [0.1, 0.15) is 6.04 Å². The van der Waals surface area contributed by atoms with Crippen molar-refractivity contribution in [3.05, 3.63) is 112 Å². The van der Waals surface area contributed by atoms with Gasteiger partial charge in [-0.05, 0) is 99.5 Å². The number of benzene rings is 3. The second-order valence-electron chi connectivity index (χ2n) is 18.7. The Morgan fingerprint density at radius 1 is 0.955 bits per heavy atom. The molecule has 3 aliphatic rings. The summed E-state index contributed by atoms with van der Waals surface area (Å²) in [6.07, 6.45) is 5.58. The van der Waals surface area contributed by atoms with E-state index in [1.54, 1.807) is 80.5 Å². The van der Waals surface area contributed by atoms with Crippen LogP contribution in [-0.4, -0.2) is 92.8 Å². The first-order chi connectivity index (χ1) is 31.8. The number of hydrogen-bond acceptors (Lipinski definition) is 10. The van der Waals surface area contributed by atoms with Gasteiger partial charge in [-0.3, -0.25) is 34.1 Å². The zero-order valence-corrected chi connectivity index (χ0v) is 40.1. The maximum atomic E-state index is 14.6. The summed E-state index contributed by atoms with van der Waals surface area (Å²) >= 11 is 6.20. The zero-order chi connectivity index (χ0) is 48.2. The number of imidazole rings is 1. The Labute approximate surface area is 396 Å². The maximum absolute atomic E-state index is 14.6. The predicted molar refractivity (Wildman–Crippen MR) is 255 cm³/mol. The fraction of sp³-hybridized carbons (Fsp3) is 0.449. The van der Waals surface area contributed by atoms with Crippen LogP contribution in [0.1, 0.15) is 117 Å². The highest BCUT2D eigenvalue weighted by Gasteiger charge is 2.49. The van der Waals surface area contributed by atoms with Crippen LogP contribution in [0.2, 0.25) is 5.02 Å². The maximum Gasteiger partial charge on any atom is 0.255 e. The molecule has 16 nitrogen and oxygen atoms in total. The molecule has 4 aromatic rings. The molecule has 2 fully saturated rings. The highest BCUT2D eigenvalue weighted by Crippen LogP contribution is 2.45. The average Bonchev–Trinajstić information content (AvgIpc) is 3.88. The molecule has 7 rings (SSSR count). The second kappa shape index (κ2) is 20.4. The van der Waals surface area contributed by atoms with Gasteiger partial charge in [0.15, 0.2) is 9.84 Å². The van der Waals surface area contributed by atoms with Crippen LogP contribution >= 0.6 is 11.6 Å². The number of rotatable bonds is 18. The van der Waals surface area contributed by atoms with Crippen LogP contribution in [0.3, 0.4) is 0 Å². The van der Waals surface area contributed by atoms with Gasteiger partial charge in [0, 0.05) is 77.8 Å². The molecule has 0 radical (unpaired) electrons. The van der Waals surface area contributed by atoms with E-state index >= 15 is 0 Å². The molecule has 0 aliphatic carbocycles. The third kappa shape index (κ3) is 11.2. The molecule has 2 unspecified atom stereocenters.